The first-order chi connectivity index (χ1) is 12.0. The number of halogens is 3. The molecule has 6 heteroatoms. The molecule has 0 bridgehead atoms. The van der Waals surface area contributed by atoms with Crippen molar-refractivity contribution in [3.05, 3.63) is 41.7 Å². The Hall–Kier alpha value is -1.82. The van der Waals surface area contributed by atoms with Crippen LogP contribution >= 0.6 is 0 Å². The monoisotopic (exact) mass is 368 g/mol. The predicted molar refractivity (Wildman–Crippen MR) is 97.9 cm³/mol. The van der Waals surface area contributed by atoms with Crippen LogP contribution in [0.1, 0.15) is 57.8 Å². The minimum Gasteiger partial charge on any atom is -0.386 e. The molecule has 26 heavy (non-hydrogen) atoms. The number of alkyl halides is 3. The van der Waals surface area contributed by atoms with Gasteiger partial charge in [-0.05, 0) is 57.2 Å². The summed E-state index contributed by atoms with van der Waals surface area (Å²) in [6.45, 7) is 8.44. The van der Waals surface area contributed by atoms with Crippen LogP contribution in [0.5, 0.6) is 0 Å². The Labute approximate surface area is 152 Å². The molecule has 0 aliphatic heterocycles. The summed E-state index contributed by atoms with van der Waals surface area (Å²) in [5.41, 5.74) is 2.27. The molecule has 0 fully saturated rings. The van der Waals surface area contributed by atoms with Crippen LogP contribution in [0.2, 0.25) is 0 Å². The smallest absolute Gasteiger partial charge is 0.386 e. The Morgan fingerprint density at radius 3 is 2.58 bits per heavy atom. The molecule has 2 rings (SSSR count). The van der Waals surface area contributed by atoms with E-state index < -0.39 is 17.7 Å². The van der Waals surface area contributed by atoms with Gasteiger partial charge in [0.15, 0.2) is 0 Å². The maximum atomic E-state index is 12.6. The third-order valence-corrected chi connectivity index (χ3v) is 4.58. The lowest BCUT2D eigenvalue weighted by Crippen LogP contribution is -2.20. The molecule has 144 valence electrons. The molecule has 1 aromatic heterocycles. The first-order valence-corrected chi connectivity index (χ1v) is 8.91. The van der Waals surface area contributed by atoms with Gasteiger partial charge >= 0.3 is 6.18 Å². The van der Waals surface area contributed by atoms with Gasteiger partial charge in [-0.3, -0.25) is 0 Å². The number of aliphatic hydroxyl groups is 1. The minimum atomic E-state index is -4.15. The summed E-state index contributed by atoms with van der Waals surface area (Å²) in [6, 6.07) is 5.63. The van der Waals surface area contributed by atoms with Crippen molar-refractivity contribution in [2.45, 2.75) is 64.7 Å². The van der Waals surface area contributed by atoms with Gasteiger partial charge < -0.3 is 10.1 Å². The van der Waals surface area contributed by atoms with Gasteiger partial charge in [0, 0.05) is 6.42 Å². The standard InChI is InChI=1S/C20H27F3N2O/c1-13(11-14(2)20(21,22)23)7-5-6-8-18-24-16-10-9-15(19(3,4)26)12-17(16)25-18/h9-10,12,14,26H,1,5-8,11H2,2-4H3,(H,24,25). The molecule has 1 unspecified atom stereocenters. The van der Waals surface area contributed by atoms with E-state index in [2.05, 4.69) is 16.5 Å². The number of nitrogens with zero attached hydrogens (tertiary/aromatic N) is 1. The molecular formula is C20H27F3N2O. The zero-order chi connectivity index (χ0) is 19.5. The Balaban J connectivity index is 1.84. The number of rotatable bonds is 8. The number of hydrogen-bond acceptors (Lipinski definition) is 2. The summed E-state index contributed by atoms with van der Waals surface area (Å²) in [5.74, 6) is -0.488. The SMILES string of the molecule is C=C(CCCCc1nc2ccc(C(C)(C)O)cc2[nH]1)CC(C)C(F)(F)F. The molecule has 2 aromatic rings. The van der Waals surface area contributed by atoms with Gasteiger partial charge in [-0.25, -0.2) is 4.98 Å². The molecular weight excluding hydrogens is 341 g/mol. The summed E-state index contributed by atoms with van der Waals surface area (Å²) < 4.78 is 37.7. The maximum absolute atomic E-state index is 12.6. The number of aryl methyl sites for hydroxylation is 1. The first-order valence-electron chi connectivity index (χ1n) is 8.91. The van der Waals surface area contributed by atoms with E-state index in [0.717, 1.165) is 41.7 Å². The fourth-order valence-corrected chi connectivity index (χ4v) is 2.88. The normalized spacial score (nSPS) is 14.0. The number of hydrogen-bond donors (Lipinski definition) is 2. The van der Waals surface area contributed by atoms with Crippen LogP contribution in [-0.4, -0.2) is 21.3 Å². The van der Waals surface area contributed by atoms with Crippen LogP contribution in [0.3, 0.4) is 0 Å². The Kier molecular flexibility index (Phi) is 6.17. The fraction of sp³-hybridized carbons (Fsp3) is 0.550. The van der Waals surface area contributed by atoms with Gasteiger partial charge in [-0.2, -0.15) is 13.2 Å². The van der Waals surface area contributed by atoms with E-state index in [4.69, 9.17) is 0 Å². The lowest BCUT2D eigenvalue weighted by molar-refractivity contribution is -0.169. The molecule has 0 saturated heterocycles. The summed E-state index contributed by atoms with van der Waals surface area (Å²) in [7, 11) is 0. The minimum absolute atomic E-state index is 0.00609. The molecule has 0 aliphatic carbocycles. The number of aromatic amines is 1. The van der Waals surface area contributed by atoms with Gasteiger partial charge in [0.05, 0.1) is 22.6 Å². The average molecular weight is 368 g/mol. The van der Waals surface area contributed by atoms with Crippen LogP contribution in [-0.2, 0) is 12.0 Å². The second-order valence-corrected chi connectivity index (χ2v) is 7.58. The number of benzene rings is 1. The molecule has 1 heterocycles. The van der Waals surface area contributed by atoms with E-state index in [-0.39, 0.29) is 6.42 Å². The van der Waals surface area contributed by atoms with Gasteiger partial charge in [0.25, 0.3) is 0 Å². The van der Waals surface area contributed by atoms with Crippen LogP contribution in [0.4, 0.5) is 13.2 Å². The molecule has 3 nitrogen and oxygen atoms in total. The van der Waals surface area contributed by atoms with Crippen molar-refractivity contribution in [2.75, 3.05) is 0 Å². The zero-order valence-electron chi connectivity index (χ0n) is 15.6. The Bertz CT molecular complexity index is 756. The average Bonchev–Trinajstić information content (AvgIpc) is 2.91. The van der Waals surface area contributed by atoms with Gasteiger partial charge in [0.1, 0.15) is 5.82 Å². The molecule has 1 aromatic carbocycles. The van der Waals surface area contributed by atoms with Crippen molar-refractivity contribution >= 4 is 11.0 Å². The van der Waals surface area contributed by atoms with Crippen molar-refractivity contribution in [3.63, 3.8) is 0 Å². The maximum Gasteiger partial charge on any atom is 0.391 e. The fourth-order valence-electron chi connectivity index (χ4n) is 2.88. The highest BCUT2D eigenvalue weighted by atomic mass is 19.4. The lowest BCUT2D eigenvalue weighted by Gasteiger charge is -2.17. The quantitative estimate of drug-likeness (QED) is 0.467. The summed E-state index contributed by atoms with van der Waals surface area (Å²) in [5, 5.41) is 10.1. The first kappa shape index (κ1) is 20.5. The van der Waals surface area contributed by atoms with Crippen molar-refractivity contribution in [1.29, 1.82) is 0 Å². The summed E-state index contributed by atoms with van der Waals surface area (Å²) in [6.07, 6.45) is -1.21. The van der Waals surface area contributed by atoms with E-state index in [9.17, 15) is 18.3 Å². The van der Waals surface area contributed by atoms with Crippen LogP contribution in [0.25, 0.3) is 11.0 Å². The summed E-state index contributed by atoms with van der Waals surface area (Å²) in [4.78, 5) is 7.78. The number of imidazole rings is 1. The van der Waals surface area contributed by atoms with E-state index in [1.807, 2.05) is 18.2 Å². The predicted octanol–water partition coefficient (Wildman–Crippen LogP) is 5.65. The number of H-pyrrole nitrogens is 1. The van der Waals surface area contributed by atoms with E-state index in [1.54, 1.807) is 13.8 Å². The van der Waals surface area contributed by atoms with E-state index >= 15 is 0 Å². The van der Waals surface area contributed by atoms with Crippen molar-refractivity contribution in [2.24, 2.45) is 5.92 Å². The third-order valence-electron chi connectivity index (χ3n) is 4.58. The summed E-state index contributed by atoms with van der Waals surface area (Å²) >= 11 is 0. The number of fused-ring (bicyclic) bond motifs is 1. The van der Waals surface area contributed by atoms with Crippen LogP contribution in [0, 0.1) is 5.92 Å². The van der Waals surface area contributed by atoms with Crippen LogP contribution < -0.4 is 0 Å². The molecule has 1 atom stereocenters. The second kappa shape index (κ2) is 7.82. The van der Waals surface area contributed by atoms with E-state index in [0.29, 0.717) is 12.0 Å². The van der Waals surface area contributed by atoms with Crippen molar-refractivity contribution in [1.82, 2.24) is 9.97 Å². The molecule has 0 amide bonds. The highest BCUT2D eigenvalue weighted by molar-refractivity contribution is 5.76. The number of nitrogens with one attached hydrogen (secondary N) is 1. The Morgan fingerprint density at radius 1 is 1.27 bits per heavy atom. The second-order valence-electron chi connectivity index (χ2n) is 7.58. The topological polar surface area (TPSA) is 48.9 Å². The lowest BCUT2D eigenvalue weighted by atomic mass is 9.97. The zero-order valence-corrected chi connectivity index (χ0v) is 15.6. The van der Waals surface area contributed by atoms with E-state index in [1.165, 1.54) is 6.92 Å². The van der Waals surface area contributed by atoms with Crippen LogP contribution in [0.15, 0.2) is 30.4 Å². The van der Waals surface area contributed by atoms with Gasteiger partial charge in [-0.15, -0.1) is 0 Å². The van der Waals surface area contributed by atoms with Gasteiger partial charge in [0.2, 0.25) is 0 Å². The highest BCUT2D eigenvalue weighted by Crippen LogP contribution is 2.31. The highest BCUT2D eigenvalue weighted by Gasteiger charge is 2.35. The molecule has 2 N–H and O–H groups in total. The molecule has 0 aliphatic rings. The molecule has 0 saturated carbocycles. The van der Waals surface area contributed by atoms with Crippen molar-refractivity contribution < 1.29 is 18.3 Å². The number of allylic oxidation sites excluding steroid dienone is 1. The molecule has 0 spiro atoms. The third kappa shape index (κ3) is 5.59. The Morgan fingerprint density at radius 2 is 1.96 bits per heavy atom. The largest absolute Gasteiger partial charge is 0.391 e. The van der Waals surface area contributed by atoms with Gasteiger partial charge in [-0.1, -0.05) is 25.1 Å². The van der Waals surface area contributed by atoms with Crippen molar-refractivity contribution in [3.8, 4) is 0 Å². The number of unbranched alkanes of at least 4 members (excludes halogenated alkanes) is 1. The molecule has 0 radical (unpaired) electrons. The number of aromatic nitrogens is 2.